The first-order chi connectivity index (χ1) is 12.6. The highest BCUT2D eigenvalue weighted by molar-refractivity contribution is 5.79. The smallest absolute Gasteiger partial charge is 0.228 e. The summed E-state index contributed by atoms with van der Waals surface area (Å²) in [6.07, 6.45) is 0.272. The van der Waals surface area contributed by atoms with Gasteiger partial charge in [0.15, 0.2) is 5.76 Å². The Morgan fingerprint density at radius 1 is 1.23 bits per heavy atom. The Labute approximate surface area is 154 Å². The van der Waals surface area contributed by atoms with Crippen LogP contribution in [0.3, 0.4) is 0 Å². The van der Waals surface area contributed by atoms with Crippen molar-refractivity contribution in [2.45, 2.75) is 32.4 Å². The van der Waals surface area contributed by atoms with Gasteiger partial charge < -0.3 is 14.2 Å². The summed E-state index contributed by atoms with van der Waals surface area (Å²) in [5, 5.41) is 4.07. The van der Waals surface area contributed by atoms with Gasteiger partial charge >= 0.3 is 0 Å². The Morgan fingerprint density at radius 2 is 1.92 bits per heavy atom. The zero-order valence-corrected chi connectivity index (χ0v) is 15.7. The van der Waals surface area contributed by atoms with Gasteiger partial charge in [0.1, 0.15) is 0 Å². The van der Waals surface area contributed by atoms with Crippen molar-refractivity contribution >= 4 is 5.91 Å². The maximum absolute atomic E-state index is 12.7. The van der Waals surface area contributed by atoms with E-state index in [1.807, 2.05) is 41.3 Å². The fraction of sp³-hybridized carbons (Fsp3) is 0.500. The SMILES string of the molecule is COCCN1C(C)CN(C(=O)Cc2cc(-c3ccccc3)on2)CC1C. The van der Waals surface area contributed by atoms with Gasteiger partial charge in [0, 0.05) is 50.5 Å². The molecule has 1 amide bonds. The van der Waals surface area contributed by atoms with Crippen molar-refractivity contribution in [3.8, 4) is 11.3 Å². The van der Waals surface area contributed by atoms with Gasteiger partial charge in [0.05, 0.1) is 18.7 Å². The number of rotatable bonds is 6. The molecule has 3 rings (SSSR count). The summed E-state index contributed by atoms with van der Waals surface area (Å²) in [6.45, 7) is 7.39. The molecule has 1 aromatic heterocycles. The minimum Gasteiger partial charge on any atom is -0.383 e. The first-order valence-electron chi connectivity index (χ1n) is 9.12. The number of nitrogens with zero attached hydrogens (tertiary/aromatic N) is 3. The lowest BCUT2D eigenvalue weighted by Gasteiger charge is -2.44. The van der Waals surface area contributed by atoms with Crippen LogP contribution in [0.15, 0.2) is 40.9 Å². The van der Waals surface area contributed by atoms with Crippen LogP contribution in [-0.4, -0.2) is 66.3 Å². The van der Waals surface area contributed by atoms with Gasteiger partial charge in [-0.05, 0) is 13.8 Å². The van der Waals surface area contributed by atoms with Gasteiger partial charge in [-0.25, -0.2) is 0 Å². The standard InChI is InChI=1S/C20H27N3O3/c1-15-13-22(14-16(2)23(15)9-10-25-3)20(24)12-18-11-19(26-21-18)17-7-5-4-6-8-17/h4-8,11,15-16H,9-10,12-14H2,1-3H3. The number of methoxy groups -OCH3 is 1. The highest BCUT2D eigenvalue weighted by atomic mass is 16.5. The Hall–Kier alpha value is -2.18. The third-order valence-electron chi connectivity index (χ3n) is 4.96. The van der Waals surface area contributed by atoms with Crippen LogP contribution in [0.4, 0.5) is 0 Å². The van der Waals surface area contributed by atoms with Crippen LogP contribution in [0.2, 0.25) is 0 Å². The number of carbonyl (C=O) groups excluding carboxylic acids is 1. The summed E-state index contributed by atoms with van der Waals surface area (Å²) in [5.41, 5.74) is 1.64. The third-order valence-corrected chi connectivity index (χ3v) is 4.96. The van der Waals surface area contributed by atoms with E-state index in [9.17, 15) is 4.79 Å². The zero-order valence-electron chi connectivity index (χ0n) is 15.7. The molecule has 0 radical (unpaired) electrons. The molecule has 0 N–H and O–H groups in total. The van der Waals surface area contributed by atoms with Crippen LogP contribution in [-0.2, 0) is 16.0 Å². The molecule has 1 aliphatic heterocycles. The summed E-state index contributed by atoms with van der Waals surface area (Å²) >= 11 is 0. The van der Waals surface area contributed by atoms with Crippen LogP contribution >= 0.6 is 0 Å². The van der Waals surface area contributed by atoms with Gasteiger partial charge in [-0.3, -0.25) is 9.69 Å². The minimum absolute atomic E-state index is 0.100. The molecule has 26 heavy (non-hydrogen) atoms. The van der Waals surface area contributed by atoms with Gasteiger partial charge in [-0.2, -0.15) is 0 Å². The van der Waals surface area contributed by atoms with E-state index in [4.69, 9.17) is 9.26 Å². The van der Waals surface area contributed by atoms with Crippen LogP contribution in [0.5, 0.6) is 0 Å². The van der Waals surface area contributed by atoms with Gasteiger partial charge in [-0.15, -0.1) is 0 Å². The number of aromatic nitrogens is 1. The van der Waals surface area contributed by atoms with E-state index in [1.54, 1.807) is 7.11 Å². The lowest BCUT2D eigenvalue weighted by Crippen LogP contribution is -2.58. The normalized spacial score (nSPS) is 21.1. The van der Waals surface area contributed by atoms with E-state index in [-0.39, 0.29) is 12.3 Å². The van der Waals surface area contributed by atoms with Crippen LogP contribution in [0.25, 0.3) is 11.3 Å². The molecule has 1 aliphatic rings. The Morgan fingerprint density at radius 3 is 2.58 bits per heavy atom. The summed E-state index contributed by atoms with van der Waals surface area (Å²) in [6, 6.07) is 12.3. The lowest BCUT2D eigenvalue weighted by atomic mass is 10.1. The van der Waals surface area contributed by atoms with Gasteiger partial charge in [0.2, 0.25) is 5.91 Å². The molecule has 0 saturated carbocycles. The maximum atomic E-state index is 12.7. The summed E-state index contributed by atoms with van der Waals surface area (Å²) in [4.78, 5) is 17.1. The molecule has 1 aromatic carbocycles. The molecular weight excluding hydrogens is 330 g/mol. The molecule has 0 spiro atoms. The molecule has 6 nitrogen and oxygen atoms in total. The predicted octanol–water partition coefficient (Wildman–Crippen LogP) is 2.45. The van der Waals surface area contributed by atoms with E-state index in [0.717, 1.165) is 25.2 Å². The van der Waals surface area contributed by atoms with E-state index < -0.39 is 0 Å². The number of hydrogen-bond donors (Lipinski definition) is 0. The van der Waals surface area contributed by atoms with Crippen molar-refractivity contribution in [3.63, 3.8) is 0 Å². The first-order valence-corrected chi connectivity index (χ1v) is 9.12. The van der Waals surface area contributed by atoms with E-state index in [2.05, 4.69) is 23.9 Å². The fourth-order valence-corrected chi connectivity index (χ4v) is 3.60. The molecular formula is C20H27N3O3. The largest absolute Gasteiger partial charge is 0.383 e. The second kappa shape index (κ2) is 8.47. The highest BCUT2D eigenvalue weighted by Gasteiger charge is 2.31. The Bertz CT molecular complexity index is 704. The topological polar surface area (TPSA) is 58.8 Å². The molecule has 0 bridgehead atoms. The summed E-state index contributed by atoms with van der Waals surface area (Å²) in [5.74, 6) is 0.794. The molecule has 0 aliphatic carbocycles. The number of carbonyl (C=O) groups is 1. The van der Waals surface area contributed by atoms with E-state index in [0.29, 0.717) is 30.1 Å². The van der Waals surface area contributed by atoms with E-state index >= 15 is 0 Å². The number of ether oxygens (including phenoxy) is 1. The van der Waals surface area contributed by atoms with Crippen molar-refractivity contribution in [2.75, 3.05) is 33.4 Å². The minimum atomic E-state index is 0.100. The lowest BCUT2D eigenvalue weighted by molar-refractivity contribution is -0.135. The average Bonchev–Trinajstić information content (AvgIpc) is 3.10. The molecule has 1 fully saturated rings. The zero-order chi connectivity index (χ0) is 18.5. The van der Waals surface area contributed by atoms with Crippen molar-refractivity contribution in [3.05, 3.63) is 42.1 Å². The maximum Gasteiger partial charge on any atom is 0.228 e. The molecule has 2 unspecified atom stereocenters. The molecule has 2 aromatic rings. The Kier molecular flexibility index (Phi) is 6.06. The average molecular weight is 357 g/mol. The Balaban J connectivity index is 1.60. The monoisotopic (exact) mass is 357 g/mol. The number of piperazine rings is 1. The van der Waals surface area contributed by atoms with Crippen molar-refractivity contribution in [1.29, 1.82) is 0 Å². The number of amides is 1. The van der Waals surface area contributed by atoms with Crippen molar-refractivity contribution in [2.24, 2.45) is 0 Å². The molecule has 140 valence electrons. The fourth-order valence-electron chi connectivity index (χ4n) is 3.60. The van der Waals surface area contributed by atoms with Crippen LogP contribution in [0, 0.1) is 0 Å². The van der Waals surface area contributed by atoms with Crippen molar-refractivity contribution in [1.82, 2.24) is 15.0 Å². The van der Waals surface area contributed by atoms with Crippen molar-refractivity contribution < 1.29 is 14.1 Å². The quantitative estimate of drug-likeness (QED) is 0.795. The number of benzene rings is 1. The van der Waals surface area contributed by atoms with Gasteiger partial charge in [-0.1, -0.05) is 35.5 Å². The van der Waals surface area contributed by atoms with Crippen LogP contribution < -0.4 is 0 Å². The van der Waals surface area contributed by atoms with E-state index in [1.165, 1.54) is 0 Å². The molecule has 6 heteroatoms. The second-order valence-electron chi connectivity index (χ2n) is 6.95. The van der Waals surface area contributed by atoms with Crippen LogP contribution in [0.1, 0.15) is 19.5 Å². The second-order valence-corrected chi connectivity index (χ2v) is 6.95. The summed E-state index contributed by atoms with van der Waals surface area (Å²) in [7, 11) is 1.72. The number of hydrogen-bond acceptors (Lipinski definition) is 5. The third kappa shape index (κ3) is 4.31. The molecule has 2 atom stereocenters. The first kappa shape index (κ1) is 18.6. The molecule has 1 saturated heterocycles. The predicted molar refractivity (Wildman–Crippen MR) is 99.7 cm³/mol. The molecule has 2 heterocycles. The highest BCUT2D eigenvalue weighted by Crippen LogP contribution is 2.21. The summed E-state index contributed by atoms with van der Waals surface area (Å²) < 4.78 is 10.6. The van der Waals surface area contributed by atoms with Gasteiger partial charge in [0.25, 0.3) is 0 Å².